The minimum Gasteiger partial charge on any atom is -0.487 e. The van der Waals surface area contributed by atoms with Crippen molar-refractivity contribution in [2.24, 2.45) is 5.73 Å². The van der Waals surface area contributed by atoms with E-state index in [1.807, 2.05) is 0 Å². The monoisotopic (exact) mass is 356 g/mol. The summed E-state index contributed by atoms with van der Waals surface area (Å²) in [5.41, 5.74) is 5.21. The molecular weight excluding hydrogens is 331 g/mol. The summed E-state index contributed by atoms with van der Waals surface area (Å²) in [6.45, 7) is 2.42. The second-order valence-corrected chi connectivity index (χ2v) is 7.98. The van der Waals surface area contributed by atoms with Crippen LogP contribution in [0.2, 0.25) is 0 Å². The van der Waals surface area contributed by atoms with Gasteiger partial charge >= 0.3 is 0 Å². The second kappa shape index (κ2) is 9.15. The van der Waals surface area contributed by atoms with Gasteiger partial charge < -0.3 is 15.4 Å². The highest BCUT2D eigenvalue weighted by atomic mass is 32.2. The van der Waals surface area contributed by atoms with E-state index in [1.165, 1.54) is 24.6 Å². The molecule has 1 fully saturated rings. The molecule has 0 unspecified atom stereocenters. The quantitative estimate of drug-likeness (QED) is 0.773. The number of likely N-dealkylation sites (tertiary alicyclic amines) is 1. The summed E-state index contributed by atoms with van der Waals surface area (Å²) in [5, 5.41) is 0. The Kier molecular flexibility index (Phi) is 7.20. The van der Waals surface area contributed by atoms with E-state index < -0.39 is 15.7 Å². The van der Waals surface area contributed by atoms with Crippen LogP contribution in [0.25, 0.3) is 0 Å². The Morgan fingerprint density at radius 1 is 1.21 bits per heavy atom. The van der Waals surface area contributed by atoms with Gasteiger partial charge in [0.1, 0.15) is 18.2 Å². The van der Waals surface area contributed by atoms with Crippen LogP contribution in [-0.2, 0) is 9.84 Å². The molecule has 1 aromatic rings. The number of rotatable bonds is 8. The lowest BCUT2D eigenvalue weighted by Crippen LogP contribution is -2.33. The summed E-state index contributed by atoms with van der Waals surface area (Å²) < 4.78 is 43.2. The van der Waals surface area contributed by atoms with Crippen LogP contribution in [-0.4, -0.2) is 51.9 Å². The molecule has 1 aromatic carbocycles. The molecule has 0 atom stereocenters. The molecule has 0 spiro atoms. The lowest BCUT2D eigenvalue weighted by Gasteiger charge is -2.26. The van der Waals surface area contributed by atoms with E-state index >= 15 is 0 Å². The molecule has 7 heteroatoms. The second-order valence-electron chi connectivity index (χ2n) is 5.87. The van der Waals surface area contributed by atoms with Gasteiger partial charge in [-0.1, -0.05) is 6.42 Å². The summed E-state index contributed by atoms with van der Waals surface area (Å²) in [7, 11) is -3.32. The first kappa shape index (κ1) is 18.9. The van der Waals surface area contributed by atoms with Gasteiger partial charge in [0.05, 0.1) is 10.6 Å². The summed E-state index contributed by atoms with van der Waals surface area (Å²) in [6, 6.07) is 6.10. The molecule has 2 N–H and O–H groups in total. The van der Waals surface area contributed by atoms with E-state index in [1.54, 1.807) is 12.1 Å². The largest absolute Gasteiger partial charge is 0.487 e. The van der Waals surface area contributed by atoms with Crippen molar-refractivity contribution < 1.29 is 17.5 Å². The fourth-order valence-electron chi connectivity index (χ4n) is 2.63. The Bertz CT molecular complexity index is 638. The van der Waals surface area contributed by atoms with Crippen LogP contribution < -0.4 is 10.5 Å². The molecule has 24 heavy (non-hydrogen) atoms. The average molecular weight is 356 g/mol. The van der Waals surface area contributed by atoms with Gasteiger partial charge in [-0.15, -0.1) is 0 Å². The third kappa shape index (κ3) is 5.89. The maximum Gasteiger partial charge on any atom is 0.179 e. The van der Waals surface area contributed by atoms with Gasteiger partial charge in [-0.2, -0.15) is 0 Å². The van der Waals surface area contributed by atoms with Crippen LogP contribution in [0.15, 0.2) is 41.1 Å². The average Bonchev–Trinajstić information content (AvgIpc) is 2.60. The third-order valence-corrected chi connectivity index (χ3v) is 5.73. The molecule has 1 aliphatic heterocycles. The number of piperidine rings is 1. The number of sulfone groups is 1. The van der Waals surface area contributed by atoms with E-state index in [2.05, 4.69) is 4.90 Å². The van der Waals surface area contributed by atoms with E-state index in [9.17, 15) is 12.8 Å². The predicted molar refractivity (Wildman–Crippen MR) is 92.5 cm³/mol. The van der Waals surface area contributed by atoms with Crippen molar-refractivity contribution in [1.82, 2.24) is 4.90 Å². The highest BCUT2D eigenvalue weighted by molar-refractivity contribution is 7.91. The van der Waals surface area contributed by atoms with Gasteiger partial charge in [0.25, 0.3) is 0 Å². The molecule has 1 aliphatic rings. The molecule has 0 aromatic heterocycles. The number of hydrogen-bond donors (Lipinski definition) is 1. The smallest absolute Gasteiger partial charge is 0.179 e. The van der Waals surface area contributed by atoms with Crippen LogP contribution in [0.4, 0.5) is 4.39 Å². The third-order valence-electron chi connectivity index (χ3n) is 4.02. The fourth-order valence-corrected chi connectivity index (χ4v) is 3.92. The molecule has 0 aliphatic carbocycles. The number of ether oxygens (including phenoxy) is 1. The molecule has 0 bridgehead atoms. The van der Waals surface area contributed by atoms with Gasteiger partial charge in [-0.3, -0.25) is 0 Å². The zero-order valence-corrected chi connectivity index (χ0v) is 14.6. The van der Waals surface area contributed by atoms with Gasteiger partial charge in [-0.25, -0.2) is 12.8 Å². The van der Waals surface area contributed by atoms with Crippen molar-refractivity contribution in [3.8, 4) is 5.75 Å². The molecule has 0 radical (unpaired) electrons. The zero-order valence-electron chi connectivity index (χ0n) is 13.8. The number of nitrogens with zero attached hydrogens (tertiary/aromatic N) is 1. The van der Waals surface area contributed by atoms with Crippen LogP contribution in [0.3, 0.4) is 0 Å². The summed E-state index contributed by atoms with van der Waals surface area (Å²) in [5.74, 6) is 0.0856. The first-order chi connectivity index (χ1) is 11.5. The van der Waals surface area contributed by atoms with E-state index in [-0.39, 0.29) is 23.8 Å². The Morgan fingerprint density at radius 2 is 1.88 bits per heavy atom. The Morgan fingerprint density at radius 3 is 2.50 bits per heavy atom. The minimum atomic E-state index is -3.32. The highest BCUT2D eigenvalue weighted by Gasteiger charge is 2.18. The van der Waals surface area contributed by atoms with Gasteiger partial charge in [-0.05, 0) is 56.3 Å². The molecule has 0 saturated carbocycles. The van der Waals surface area contributed by atoms with Crippen molar-refractivity contribution in [3.05, 3.63) is 36.2 Å². The van der Waals surface area contributed by atoms with Crippen molar-refractivity contribution in [1.29, 1.82) is 0 Å². The predicted octanol–water partition coefficient (Wildman–Crippen LogP) is 2.14. The number of hydrogen-bond acceptors (Lipinski definition) is 5. The van der Waals surface area contributed by atoms with Crippen molar-refractivity contribution in [2.45, 2.75) is 24.2 Å². The van der Waals surface area contributed by atoms with Crippen molar-refractivity contribution in [3.63, 3.8) is 0 Å². The van der Waals surface area contributed by atoms with Crippen LogP contribution in [0, 0.1) is 0 Å². The summed E-state index contributed by atoms with van der Waals surface area (Å²) in [6.07, 6.45) is 4.74. The molecule has 134 valence electrons. The zero-order chi connectivity index (χ0) is 17.4. The minimum absolute atomic E-state index is 0.112. The molecule has 1 saturated heterocycles. The lowest BCUT2D eigenvalue weighted by molar-refractivity contribution is 0.241. The van der Waals surface area contributed by atoms with Gasteiger partial charge in [0.15, 0.2) is 9.84 Å². The SMILES string of the molecule is NCC=C(F)COc1ccc(S(=O)(=O)CCN2CCCCC2)cc1. The van der Waals surface area contributed by atoms with E-state index in [4.69, 9.17) is 10.5 Å². The lowest BCUT2D eigenvalue weighted by atomic mass is 10.1. The van der Waals surface area contributed by atoms with Crippen molar-refractivity contribution >= 4 is 9.84 Å². The number of benzene rings is 1. The number of halogens is 1. The highest BCUT2D eigenvalue weighted by Crippen LogP contribution is 2.18. The Labute approximate surface area is 143 Å². The standard InChI is InChI=1S/C17H25FN2O3S/c18-15(8-9-19)14-23-16-4-6-17(7-5-16)24(21,22)13-12-20-10-2-1-3-11-20/h4-8H,1-3,9-14,19H2. The van der Waals surface area contributed by atoms with Crippen LogP contribution in [0.1, 0.15) is 19.3 Å². The molecule has 0 amide bonds. The fraction of sp³-hybridized carbons (Fsp3) is 0.529. The number of nitrogens with two attached hydrogens (primary N) is 1. The molecule has 2 rings (SSSR count). The van der Waals surface area contributed by atoms with Crippen LogP contribution in [0.5, 0.6) is 5.75 Å². The Hall–Kier alpha value is -1.44. The first-order valence-corrected chi connectivity index (χ1v) is 9.89. The van der Waals surface area contributed by atoms with E-state index in [0.717, 1.165) is 25.9 Å². The van der Waals surface area contributed by atoms with Gasteiger partial charge in [0, 0.05) is 13.1 Å². The summed E-state index contributed by atoms with van der Waals surface area (Å²) >= 11 is 0. The maximum atomic E-state index is 13.2. The first-order valence-electron chi connectivity index (χ1n) is 8.24. The van der Waals surface area contributed by atoms with Crippen LogP contribution >= 0.6 is 0 Å². The normalized spacial score (nSPS) is 17.0. The molecule has 5 nitrogen and oxygen atoms in total. The van der Waals surface area contributed by atoms with Crippen molar-refractivity contribution in [2.75, 3.05) is 38.5 Å². The Balaban J connectivity index is 1.89. The molecule has 1 heterocycles. The van der Waals surface area contributed by atoms with Gasteiger partial charge in [0.2, 0.25) is 0 Å². The topological polar surface area (TPSA) is 72.6 Å². The molecular formula is C17H25FN2O3S. The maximum absolute atomic E-state index is 13.2. The summed E-state index contributed by atoms with van der Waals surface area (Å²) in [4.78, 5) is 2.47. The van der Waals surface area contributed by atoms with E-state index in [0.29, 0.717) is 12.3 Å².